The van der Waals surface area contributed by atoms with E-state index in [1.54, 1.807) is 31.2 Å². The number of nitrogens with zero attached hydrogens (tertiary/aromatic N) is 1. The predicted octanol–water partition coefficient (Wildman–Crippen LogP) is 1.73. The van der Waals surface area contributed by atoms with E-state index in [9.17, 15) is 4.79 Å². The summed E-state index contributed by atoms with van der Waals surface area (Å²) in [6.45, 7) is 1.92. The molecule has 0 aliphatic heterocycles. The molecule has 0 atom stereocenters. The molecule has 0 heterocycles. The van der Waals surface area contributed by atoms with Crippen LogP contribution in [0.1, 0.15) is 17.3 Å². The van der Waals surface area contributed by atoms with Crippen molar-refractivity contribution in [2.24, 2.45) is 0 Å². The Morgan fingerprint density at radius 3 is 2.69 bits per heavy atom. The van der Waals surface area contributed by atoms with Gasteiger partial charge in [0.25, 0.3) is 5.91 Å². The van der Waals surface area contributed by atoms with Crippen molar-refractivity contribution in [3.8, 4) is 18.4 Å². The van der Waals surface area contributed by atoms with Gasteiger partial charge >= 0.3 is 6.07 Å². The number of carbonyl (C=O) groups excluding carboxylic acids is 1. The van der Waals surface area contributed by atoms with Crippen LogP contribution < -0.4 is 10.7 Å². The normalized spacial score (nSPS) is 8.25. The fraction of sp³-hybridized carbons (Fsp3) is 0.167. The Bertz CT molecular complexity index is 460. The molecule has 1 amide bonds. The summed E-state index contributed by atoms with van der Waals surface area (Å²) in [6.07, 6.45) is 5.04. The van der Waals surface area contributed by atoms with Crippen LogP contribution in [-0.2, 0) is 0 Å². The molecule has 0 bridgehead atoms. The van der Waals surface area contributed by atoms with E-state index in [1.165, 1.54) is 0 Å². The topological polar surface area (TPSA) is 45.5 Å². The second kappa shape index (κ2) is 6.10. The molecule has 80 valence electrons. The van der Waals surface area contributed by atoms with E-state index in [1.807, 2.05) is 0 Å². The molecule has 2 N–H and O–H groups in total. The minimum Gasteiger partial charge on any atom is -0.341 e. The molecule has 0 unspecified atom stereocenters. The summed E-state index contributed by atoms with van der Waals surface area (Å²) in [7, 11) is 0. The number of benzene rings is 1. The lowest BCUT2D eigenvalue weighted by Crippen LogP contribution is -2.23. The molecule has 1 aromatic carbocycles. The maximum atomic E-state index is 11.5. The standard InChI is InChI=1S/C12H11N3O/c1-3-9-13-12(16)10-5-7-11(8-6-10)15-14-4-2/h1,5-8H,9H2,2H3,(H-,13,15,16)/p+1. The maximum Gasteiger partial charge on any atom is 0.316 e. The van der Waals surface area contributed by atoms with Gasteiger partial charge in [-0.25, -0.2) is 0 Å². The number of anilines is 1. The lowest BCUT2D eigenvalue weighted by Gasteiger charge is -2.00. The molecule has 0 saturated heterocycles. The maximum absolute atomic E-state index is 11.5. The summed E-state index contributed by atoms with van der Waals surface area (Å²) < 4.78 is 0. The van der Waals surface area contributed by atoms with Crippen molar-refractivity contribution in [3.63, 3.8) is 0 Å². The number of carbonyl (C=O) groups is 1. The Labute approximate surface area is 94.5 Å². The number of hydrogen-bond acceptors (Lipinski definition) is 2. The van der Waals surface area contributed by atoms with Gasteiger partial charge in [-0.15, -0.1) is 6.42 Å². The molecule has 0 fully saturated rings. The van der Waals surface area contributed by atoms with Crippen LogP contribution in [0.15, 0.2) is 24.3 Å². The molecule has 4 heteroatoms. The Morgan fingerprint density at radius 2 is 2.12 bits per heavy atom. The highest BCUT2D eigenvalue weighted by Gasteiger charge is 2.04. The lowest BCUT2D eigenvalue weighted by molar-refractivity contribution is 0.0959. The monoisotopic (exact) mass is 214 g/mol. The van der Waals surface area contributed by atoms with E-state index in [4.69, 9.17) is 6.42 Å². The largest absolute Gasteiger partial charge is 0.341 e. The van der Waals surface area contributed by atoms with Gasteiger partial charge in [0.2, 0.25) is 0 Å². The molecule has 0 aliphatic rings. The van der Waals surface area contributed by atoms with Crippen LogP contribution in [-0.4, -0.2) is 12.5 Å². The molecule has 0 radical (unpaired) electrons. The van der Waals surface area contributed by atoms with Crippen LogP contribution in [0, 0.1) is 18.4 Å². The van der Waals surface area contributed by atoms with Crippen molar-refractivity contribution in [2.45, 2.75) is 6.92 Å². The highest BCUT2D eigenvalue weighted by molar-refractivity contribution is 5.94. The van der Waals surface area contributed by atoms with Gasteiger partial charge in [-0.3, -0.25) is 4.79 Å². The molecule has 0 saturated carbocycles. The second-order valence-corrected chi connectivity index (χ2v) is 2.91. The summed E-state index contributed by atoms with van der Waals surface area (Å²) in [6, 6.07) is 9.49. The molecule has 0 spiro atoms. The zero-order chi connectivity index (χ0) is 11.8. The van der Waals surface area contributed by atoms with Crippen molar-refractivity contribution in [1.82, 2.24) is 5.32 Å². The van der Waals surface area contributed by atoms with Crippen molar-refractivity contribution in [1.29, 1.82) is 0 Å². The van der Waals surface area contributed by atoms with Gasteiger partial charge in [-0.2, -0.15) is 0 Å². The van der Waals surface area contributed by atoms with Crippen molar-refractivity contribution in [2.75, 3.05) is 12.0 Å². The van der Waals surface area contributed by atoms with Crippen molar-refractivity contribution in [3.05, 3.63) is 34.8 Å². The SMILES string of the molecule is C#CCNC(=O)c1ccc(N[N+]#CC)cc1. The van der Waals surface area contributed by atoms with Gasteiger partial charge in [0.15, 0.2) is 0 Å². The summed E-state index contributed by atoms with van der Waals surface area (Å²) >= 11 is 0. The highest BCUT2D eigenvalue weighted by atomic mass is 16.1. The molecular formula is C12H12N3O+. The van der Waals surface area contributed by atoms with Crippen LogP contribution in [0.2, 0.25) is 0 Å². The summed E-state index contributed by atoms with van der Waals surface area (Å²) in [5.41, 5.74) is 4.11. The van der Waals surface area contributed by atoms with Gasteiger partial charge in [0, 0.05) is 5.56 Å². The van der Waals surface area contributed by atoms with Crippen LogP contribution in [0.4, 0.5) is 5.69 Å². The van der Waals surface area contributed by atoms with E-state index in [2.05, 4.69) is 27.7 Å². The quantitative estimate of drug-likeness (QED) is 0.594. The minimum absolute atomic E-state index is 0.185. The van der Waals surface area contributed by atoms with Gasteiger partial charge in [-0.05, 0) is 29.7 Å². The third-order valence-corrected chi connectivity index (χ3v) is 1.79. The average molecular weight is 214 g/mol. The summed E-state index contributed by atoms with van der Waals surface area (Å²) in [5.74, 6) is 2.15. The third-order valence-electron chi connectivity index (χ3n) is 1.79. The van der Waals surface area contributed by atoms with Crippen LogP contribution >= 0.6 is 0 Å². The van der Waals surface area contributed by atoms with E-state index < -0.39 is 0 Å². The van der Waals surface area contributed by atoms with Crippen LogP contribution in [0.3, 0.4) is 0 Å². The first kappa shape index (κ1) is 11.6. The molecule has 1 aromatic rings. The van der Waals surface area contributed by atoms with Crippen molar-refractivity contribution < 1.29 is 4.79 Å². The van der Waals surface area contributed by atoms with E-state index in [0.717, 1.165) is 5.69 Å². The zero-order valence-corrected chi connectivity index (χ0v) is 8.95. The van der Waals surface area contributed by atoms with E-state index in [-0.39, 0.29) is 12.5 Å². The Morgan fingerprint density at radius 1 is 1.44 bits per heavy atom. The van der Waals surface area contributed by atoms with E-state index >= 15 is 0 Å². The van der Waals surface area contributed by atoms with Gasteiger partial charge in [0.05, 0.1) is 18.4 Å². The molecule has 0 aromatic heterocycles. The molecule has 16 heavy (non-hydrogen) atoms. The average Bonchev–Trinajstić information content (AvgIpc) is 2.34. The lowest BCUT2D eigenvalue weighted by atomic mass is 10.2. The van der Waals surface area contributed by atoms with Crippen molar-refractivity contribution >= 4 is 11.6 Å². The number of rotatable bonds is 3. The highest BCUT2D eigenvalue weighted by Crippen LogP contribution is 2.09. The number of terminal acetylenes is 1. The number of hydrogen-bond donors (Lipinski definition) is 2. The molecule has 0 aliphatic carbocycles. The first-order valence-corrected chi connectivity index (χ1v) is 4.72. The van der Waals surface area contributed by atoms with Crippen LogP contribution in [0.5, 0.6) is 0 Å². The predicted molar refractivity (Wildman–Crippen MR) is 64.2 cm³/mol. The fourth-order valence-electron chi connectivity index (χ4n) is 1.05. The second-order valence-electron chi connectivity index (χ2n) is 2.91. The fourth-order valence-corrected chi connectivity index (χ4v) is 1.05. The Balaban J connectivity index is 2.66. The van der Waals surface area contributed by atoms with Gasteiger partial charge < -0.3 is 5.32 Å². The van der Waals surface area contributed by atoms with Gasteiger partial charge in [0.1, 0.15) is 5.69 Å². The summed E-state index contributed by atoms with van der Waals surface area (Å²) in [4.78, 5) is 15.2. The Kier molecular flexibility index (Phi) is 4.43. The third kappa shape index (κ3) is 3.36. The smallest absolute Gasteiger partial charge is 0.316 e. The van der Waals surface area contributed by atoms with Crippen LogP contribution in [0.25, 0.3) is 4.95 Å². The first-order chi connectivity index (χ1) is 7.77. The minimum atomic E-state index is -0.185. The van der Waals surface area contributed by atoms with E-state index in [0.29, 0.717) is 5.56 Å². The Hall–Kier alpha value is -2.46. The van der Waals surface area contributed by atoms with Gasteiger partial charge in [-0.1, -0.05) is 5.92 Å². The molecular weight excluding hydrogens is 202 g/mol. The molecule has 4 nitrogen and oxygen atoms in total. The number of amides is 1. The molecule has 1 rings (SSSR count). The first-order valence-electron chi connectivity index (χ1n) is 4.72. The number of nitrogens with one attached hydrogen (secondary N) is 2. The zero-order valence-electron chi connectivity index (χ0n) is 8.95. The summed E-state index contributed by atoms with van der Waals surface area (Å²) in [5, 5.41) is 2.58.